The predicted octanol–water partition coefficient (Wildman–Crippen LogP) is 1.89. The number of aromatic nitrogens is 2. The molecule has 0 unspecified atom stereocenters. The molecule has 2 rings (SSSR count). The molecule has 8 nitrogen and oxygen atoms in total. The van der Waals surface area contributed by atoms with Crippen molar-refractivity contribution < 1.29 is 19.2 Å². The monoisotopic (exact) mass is 297 g/mol. The van der Waals surface area contributed by atoms with Gasteiger partial charge in [0.15, 0.2) is 0 Å². The van der Waals surface area contributed by atoms with Crippen LogP contribution in [0.1, 0.15) is 38.1 Å². The maximum atomic E-state index is 11.0. The van der Waals surface area contributed by atoms with E-state index in [0.717, 1.165) is 25.7 Å². The molecule has 0 saturated heterocycles. The quantitative estimate of drug-likeness (QED) is 0.330. The molecule has 0 amide bonds. The highest BCUT2D eigenvalue weighted by Gasteiger charge is 2.27. The van der Waals surface area contributed by atoms with E-state index in [9.17, 15) is 14.9 Å². The molecule has 0 N–H and O–H groups in total. The minimum atomic E-state index is -0.513. The van der Waals surface area contributed by atoms with Gasteiger partial charge in [-0.2, -0.15) is 0 Å². The first kappa shape index (κ1) is 15.4. The standard InChI is InChI=1S/C13H19N3O5/c1-20-11-5-3-10(4-6-11)15-9-12(16(18)19)13(14-15)21-8-2-7-17/h7,9-11H,2-6,8H2,1H3/t10-,11-. The highest BCUT2D eigenvalue weighted by atomic mass is 16.6. The lowest BCUT2D eigenvalue weighted by Gasteiger charge is -2.27. The Hall–Kier alpha value is -1.96. The van der Waals surface area contributed by atoms with Crippen LogP contribution in [0.25, 0.3) is 0 Å². The third kappa shape index (κ3) is 3.78. The van der Waals surface area contributed by atoms with Crippen LogP contribution < -0.4 is 4.74 Å². The molecule has 116 valence electrons. The highest BCUT2D eigenvalue weighted by Crippen LogP contribution is 2.33. The van der Waals surface area contributed by atoms with Crippen LogP contribution in [0.15, 0.2) is 6.20 Å². The predicted molar refractivity (Wildman–Crippen MR) is 73.4 cm³/mol. The van der Waals surface area contributed by atoms with E-state index in [4.69, 9.17) is 9.47 Å². The van der Waals surface area contributed by atoms with Crippen LogP contribution in [0.5, 0.6) is 5.88 Å². The first-order valence-corrected chi connectivity index (χ1v) is 6.98. The number of rotatable bonds is 7. The minimum absolute atomic E-state index is 0.0179. The van der Waals surface area contributed by atoms with Gasteiger partial charge in [0.1, 0.15) is 12.5 Å². The normalized spacial score (nSPS) is 22.0. The second kappa shape index (κ2) is 7.16. The number of hydrogen-bond acceptors (Lipinski definition) is 6. The maximum Gasteiger partial charge on any atom is 0.350 e. The largest absolute Gasteiger partial charge is 0.471 e. The molecule has 1 heterocycles. The summed E-state index contributed by atoms with van der Waals surface area (Å²) in [7, 11) is 1.70. The zero-order valence-corrected chi connectivity index (χ0v) is 11.9. The lowest BCUT2D eigenvalue weighted by molar-refractivity contribution is -0.386. The van der Waals surface area contributed by atoms with Gasteiger partial charge in [-0.1, -0.05) is 0 Å². The molecule has 0 aliphatic heterocycles. The van der Waals surface area contributed by atoms with E-state index >= 15 is 0 Å². The SMILES string of the molecule is CO[C@H]1CC[C@H](n2cc([N+](=O)[O-])c(OCCC=O)n2)CC1. The zero-order valence-electron chi connectivity index (χ0n) is 11.9. The number of hydrogen-bond donors (Lipinski definition) is 0. The number of ether oxygens (including phenoxy) is 2. The summed E-state index contributed by atoms with van der Waals surface area (Å²) in [6, 6.07) is 0.124. The van der Waals surface area contributed by atoms with Gasteiger partial charge in [-0.15, -0.1) is 5.10 Å². The Morgan fingerprint density at radius 1 is 1.48 bits per heavy atom. The Labute approximate surface area is 122 Å². The van der Waals surface area contributed by atoms with Crippen LogP contribution in [0.4, 0.5) is 5.69 Å². The number of nitro groups is 1. The van der Waals surface area contributed by atoms with Crippen LogP contribution >= 0.6 is 0 Å². The second-order valence-corrected chi connectivity index (χ2v) is 5.03. The molecule has 1 saturated carbocycles. The molecule has 0 radical (unpaired) electrons. The first-order valence-electron chi connectivity index (χ1n) is 6.98. The van der Waals surface area contributed by atoms with Crippen LogP contribution in [0.2, 0.25) is 0 Å². The van der Waals surface area contributed by atoms with Crippen molar-refractivity contribution in [1.29, 1.82) is 0 Å². The van der Waals surface area contributed by atoms with Gasteiger partial charge in [0.25, 0.3) is 0 Å². The van der Waals surface area contributed by atoms with Crippen molar-refractivity contribution in [2.75, 3.05) is 13.7 Å². The van der Waals surface area contributed by atoms with Gasteiger partial charge >= 0.3 is 11.6 Å². The fourth-order valence-electron chi connectivity index (χ4n) is 2.53. The van der Waals surface area contributed by atoms with Crippen molar-refractivity contribution in [3.8, 4) is 5.88 Å². The van der Waals surface area contributed by atoms with Crippen molar-refractivity contribution in [3.05, 3.63) is 16.3 Å². The Morgan fingerprint density at radius 2 is 2.19 bits per heavy atom. The molecule has 1 fully saturated rings. The van der Waals surface area contributed by atoms with Crippen molar-refractivity contribution in [1.82, 2.24) is 9.78 Å². The Kier molecular flexibility index (Phi) is 5.26. The minimum Gasteiger partial charge on any atom is -0.471 e. The van der Waals surface area contributed by atoms with Crippen molar-refractivity contribution in [3.63, 3.8) is 0 Å². The third-order valence-corrected chi connectivity index (χ3v) is 3.70. The molecule has 0 aromatic carbocycles. The Balaban J connectivity index is 2.08. The van der Waals surface area contributed by atoms with Crippen molar-refractivity contribution in [2.24, 2.45) is 0 Å². The van der Waals surface area contributed by atoms with Gasteiger partial charge < -0.3 is 14.3 Å². The van der Waals surface area contributed by atoms with E-state index < -0.39 is 4.92 Å². The van der Waals surface area contributed by atoms with Gasteiger partial charge in [-0.05, 0) is 25.7 Å². The average Bonchev–Trinajstić information content (AvgIpc) is 2.92. The van der Waals surface area contributed by atoms with Crippen molar-refractivity contribution in [2.45, 2.75) is 44.2 Å². The van der Waals surface area contributed by atoms with Gasteiger partial charge in [-0.3, -0.25) is 14.8 Å². The molecule has 1 aromatic heterocycles. The topological polar surface area (TPSA) is 96.5 Å². The summed E-state index contributed by atoms with van der Waals surface area (Å²) >= 11 is 0. The van der Waals surface area contributed by atoms with Gasteiger partial charge in [-0.25, -0.2) is 0 Å². The molecule has 1 aliphatic rings. The van der Waals surface area contributed by atoms with E-state index in [1.54, 1.807) is 11.8 Å². The summed E-state index contributed by atoms with van der Waals surface area (Å²) in [4.78, 5) is 20.8. The molecule has 1 aliphatic carbocycles. The lowest BCUT2D eigenvalue weighted by atomic mass is 9.93. The maximum absolute atomic E-state index is 11.0. The molecular formula is C13H19N3O5. The summed E-state index contributed by atoms with van der Waals surface area (Å²) in [5.74, 6) is -0.0179. The lowest BCUT2D eigenvalue weighted by Crippen LogP contribution is -2.23. The average molecular weight is 297 g/mol. The fourth-order valence-corrected chi connectivity index (χ4v) is 2.53. The Bertz CT molecular complexity index is 494. The first-order chi connectivity index (χ1) is 10.2. The number of carbonyl (C=O) groups excluding carboxylic acids is 1. The summed E-state index contributed by atoms with van der Waals surface area (Å²) in [5, 5.41) is 15.2. The van der Waals surface area contributed by atoms with E-state index in [1.165, 1.54) is 6.20 Å². The molecule has 0 atom stereocenters. The van der Waals surface area contributed by atoms with E-state index in [1.807, 2.05) is 0 Å². The summed E-state index contributed by atoms with van der Waals surface area (Å²) in [6.45, 7) is 0.0950. The van der Waals surface area contributed by atoms with E-state index in [0.29, 0.717) is 6.29 Å². The van der Waals surface area contributed by atoms with Crippen LogP contribution in [-0.4, -0.2) is 40.8 Å². The number of aldehydes is 1. The molecule has 1 aromatic rings. The van der Waals surface area contributed by atoms with Gasteiger partial charge in [0, 0.05) is 13.5 Å². The number of methoxy groups -OCH3 is 1. The third-order valence-electron chi connectivity index (χ3n) is 3.70. The molecule has 8 heteroatoms. The summed E-state index contributed by atoms with van der Waals surface area (Å²) in [6.07, 6.45) is 6.11. The second-order valence-electron chi connectivity index (χ2n) is 5.03. The van der Waals surface area contributed by atoms with Crippen LogP contribution in [0.3, 0.4) is 0 Å². The summed E-state index contributed by atoms with van der Waals surface area (Å²) in [5.41, 5.74) is -0.158. The van der Waals surface area contributed by atoms with Crippen LogP contribution in [0, 0.1) is 10.1 Å². The van der Waals surface area contributed by atoms with E-state index in [-0.39, 0.29) is 36.7 Å². The molecule has 21 heavy (non-hydrogen) atoms. The van der Waals surface area contributed by atoms with Crippen molar-refractivity contribution >= 4 is 12.0 Å². The molecule has 0 bridgehead atoms. The smallest absolute Gasteiger partial charge is 0.350 e. The van der Waals surface area contributed by atoms with Gasteiger partial charge in [0.05, 0.1) is 23.7 Å². The zero-order chi connectivity index (χ0) is 15.2. The number of carbonyl (C=O) groups is 1. The summed E-state index contributed by atoms with van der Waals surface area (Å²) < 4.78 is 12.1. The van der Waals surface area contributed by atoms with Gasteiger partial charge in [0.2, 0.25) is 0 Å². The highest BCUT2D eigenvalue weighted by molar-refractivity contribution is 5.49. The Morgan fingerprint density at radius 3 is 2.76 bits per heavy atom. The fraction of sp³-hybridized carbons (Fsp3) is 0.692. The number of nitrogens with zero attached hydrogens (tertiary/aromatic N) is 3. The van der Waals surface area contributed by atoms with E-state index in [2.05, 4.69) is 5.10 Å². The molecular weight excluding hydrogens is 278 g/mol. The van der Waals surface area contributed by atoms with Crippen LogP contribution in [-0.2, 0) is 9.53 Å². The molecule has 0 spiro atoms.